The Morgan fingerprint density at radius 2 is 1.15 bits per heavy atom. The van der Waals surface area contributed by atoms with E-state index >= 15 is 0 Å². The molecule has 7 nitrogen and oxygen atoms in total. The minimum absolute atomic E-state index is 0.151. The topological polar surface area (TPSA) is 114 Å². The van der Waals surface area contributed by atoms with Gasteiger partial charge in [0.05, 0.1) is 24.3 Å². The molecule has 0 aliphatic carbocycles. The third kappa shape index (κ3) is 9.84. The molecule has 0 saturated carbocycles. The summed E-state index contributed by atoms with van der Waals surface area (Å²) < 4.78 is 15.0. The zero-order valence-electron chi connectivity index (χ0n) is 17.0. The highest BCUT2D eigenvalue weighted by Gasteiger charge is 2.18. The third-order valence-corrected chi connectivity index (χ3v) is 3.53. The van der Waals surface area contributed by atoms with E-state index in [1.807, 2.05) is 27.7 Å². The molecular weight excluding hydrogens is 348 g/mol. The van der Waals surface area contributed by atoms with Crippen molar-refractivity contribution in [2.75, 3.05) is 37.9 Å². The van der Waals surface area contributed by atoms with Gasteiger partial charge in [-0.1, -0.05) is 26.7 Å². The van der Waals surface area contributed by atoms with E-state index in [1.165, 1.54) is 12.1 Å². The van der Waals surface area contributed by atoms with Gasteiger partial charge in [0.1, 0.15) is 0 Å². The van der Waals surface area contributed by atoms with Crippen LogP contribution in [-0.2, 0) is 14.2 Å². The number of hydrogen-bond acceptors (Lipinski definition) is 7. The molecule has 0 bridgehead atoms. The lowest BCUT2D eigenvalue weighted by molar-refractivity contribution is 0.0487. The maximum Gasteiger partial charge on any atom is 0.340 e. The van der Waals surface area contributed by atoms with Crippen LogP contribution in [0.15, 0.2) is 12.1 Å². The first kappa shape index (κ1) is 24.7. The fraction of sp³-hybridized carbons (Fsp3) is 0.600. The number of nitrogen functional groups attached to an aromatic ring is 2. The number of nitrogens with two attached hydrogens (primary N) is 2. The van der Waals surface area contributed by atoms with Gasteiger partial charge >= 0.3 is 11.9 Å². The van der Waals surface area contributed by atoms with E-state index in [0.717, 1.165) is 38.9 Å². The number of carbonyl (C=O) groups is 2. The van der Waals surface area contributed by atoms with Crippen LogP contribution in [0.1, 0.15) is 74.1 Å². The van der Waals surface area contributed by atoms with Crippen molar-refractivity contribution in [2.24, 2.45) is 0 Å². The first-order valence-corrected chi connectivity index (χ1v) is 9.53. The summed E-state index contributed by atoms with van der Waals surface area (Å²) in [4.78, 5) is 23.8. The van der Waals surface area contributed by atoms with Crippen molar-refractivity contribution in [1.82, 2.24) is 0 Å². The highest BCUT2D eigenvalue weighted by molar-refractivity contribution is 6.02. The van der Waals surface area contributed by atoms with Gasteiger partial charge in [0.15, 0.2) is 0 Å². The average molecular weight is 383 g/mol. The molecule has 0 radical (unpaired) electrons. The second-order valence-electron chi connectivity index (χ2n) is 5.79. The van der Waals surface area contributed by atoms with Crippen molar-refractivity contribution in [2.45, 2.75) is 53.4 Å². The molecule has 0 unspecified atom stereocenters. The van der Waals surface area contributed by atoms with Gasteiger partial charge in [0, 0.05) is 24.6 Å². The quantitative estimate of drug-likeness (QED) is 0.359. The molecular formula is C20H34N2O5. The maximum absolute atomic E-state index is 11.9. The van der Waals surface area contributed by atoms with E-state index in [4.69, 9.17) is 25.7 Å². The van der Waals surface area contributed by atoms with Gasteiger partial charge in [0.25, 0.3) is 0 Å². The predicted molar refractivity (Wildman–Crippen MR) is 108 cm³/mol. The van der Waals surface area contributed by atoms with E-state index in [0.29, 0.717) is 13.2 Å². The minimum atomic E-state index is -0.538. The molecule has 0 spiro atoms. The Bertz CT molecular complexity index is 526. The Labute approximate surface area is 162 Å². The first-order chi connectivity index (χ1) is 12.9. The van der Waals surface area contributed by atoms with Crippen LogP contribution in [0.3, 0.4) is 0 Å². The summed E-state index contributed by atoms with van der Waals surface area (Å²) in [5, 5.41) is 0. The zero-order valence-corrected chi connectivity index (χ0v) is 17.0. The third-order valence-electron chi connectivity index (χ3n) is 3.53. The van der Waals surface area contributed by atoms with Gasteiger partial charge < -0.3 is 25.7 Å². The van der Waals surface area contributed by atoms with Gasteiger partial charge in [0.2, 0.25) is 0 Å². The van der Waals surface area contributed by atoms with Crippen LogP contribution in [0.4, 0.5) is 11.4 Å². The summed E-state index contributed by atoms with van der Waals surface area (Å²) in [5.74, 6) is -1.08. The van der Waals surface area contributed by atoms with Crippen LogP contribution in [0.5, 0.6) is 0 Å². The molecule has 1 aromatic rings. The number of carbonyl (C=O) groups excluding carboxylic acids is 2. The Kier molecular flexibility index (Phi) is 13.6. The molecule has 0 heterocycles. The number of rotatable bonds is 10. The number of esters is 2. The summed E-state index contributed by atoms with van der Waals surface area (Å²) in [6, 6.07) is 2.72. The molecule has 0 atom stereocenters. The Balaban J connectivity index is 0.00000119. The number of ether oxygens (including phenoxy) is 3. The van der Waals surface area contributed by atoms with E-state index in [-0.39, 0.29) is 22.5 Å². The minimum Gasteiger partial charge on any atom is -0.462 e. The molecule has 154 valence electrons. The lowest BCUT2D eigenvalue weighted by atomic mass is 10.1. The predicted octanol–water partition coefficient (Wildman–Crippen LogP) is 3.81. The SMILES string of the molecule is CCCCOC(=O)c1cc(N)c(C(=O)OCCCC)cc1N.CCOCC. The molecule has 0 amide bonds. The summed E-state index contributed by atoms with van der Waals surface area (Å²) in [6.45, 7) is 10.3. The molecule has 4 N–H and O–H groups in total. The van der Waals surface area contributed by atoms with E-state index in [1.54, 1.807) is 0 Å². The lowest BCUT2D eigenvalue weighted by Crippen LogP contribution is -2.14. The van der Waals surface area contributed by atoms with Crippen molar-refractivity contribution < 1.29 is 23.8 Å². The normalized spacial score (nSPS) is 9.93. The molecule has 0 fully saturated rings. The summed E-state index contributed by atoms with van der Waals surface area (Å²) in [6.07, 6.45) is 3.41. The van der Waals surface area contributed by atoms with Crippen molar-refractivity contribution in [3.63, 3.8) is 0 Å². The maximum atomic E-state index is 11.9. The van der Waals surface area contributed by atoms with Crippen molar-refractivity contribution >= 4 is 23.3 Å². The van der Waals surface area contributed by atoms with Crippen LogP contribution in [0.25, 0.3) is 0 Å². The molecule has 0 aromatic heterocycles. The fourth-order valence-electron chi connectivity index (χ4n) is 1.96. The van der Waals surface area contributed by atoms with Crippen LogP contribution < -0.4 is 11.5 Å². The number of benzene rings is 1. The summed E-state index contributed by atoms with van der Waals surface area (Å²) >= 11 is 0. The lowest BCUT2D eigenvalue weighted by Gasteiger charge is -2.11. The first-order valence-electron chi connectivity index (χ1n) is 9.53. The van der Waals surface area contributed by atoms with Crippen LogP contribution >= 0.6 is 0 Å². The van der Waals surface area contributed by atoms with E-state index in [2.05, 4.69) is 0 Å². The number of hydrogen-bond donors (Lipinski definition) is 2. The molecule has 1 aromatic carbocycles. The Morgan fingerprint density at radius 3 is 1.41 bits per heavy atom. The second kappa shape index (κ2) is 14.8. The molecule has 0 saturated heterocycles. The molecule has 0 aliphatic rings. The van der Waals surface area contributed by atoms with Crippen LogP contribution in [-0.4, -0.2) is 38.4 Å². The van der Waals surface area contributed by atoms with E-state index < -0.39 is 11.9 Å². The monoisotopic (exact) mass is 382 g/mol. The van der Waals surface area contributed by atoms with Gasteiger partial charge in [-0.15, -0.1) is 0 Å². The highest BCUT2D eigenvalue weighted by atomic mass is 16.5. The van der Waals surface area contributed by atoms with Gasteiger partial charge in [-0.05, 0) is 38.8 Å². The molecule has 7 heteroatoms. The molecule has 27 heavy (non-hydrogen) atoms. The second-order valence-corrected chi connectivity index (χ2v) is 5.79. The Hall–Kier alpha value is -2.28. The largest absolute Gasteiger partial charge is 0.462 e. The van der Waals surface area contributed by atoms with E-state index in [9.17, 15) is 9.59 Å². The standard InChI is InChI=1S/C16H24N2O4.C4H10O/c1-3-5-7-21-15(19)11-9-14(18)12(10-13(11)17)16(20)22-8-6-4-2;1-3-5-4-2/h9-10H,3-8,17-18H2,1-2H3;3-4H2,1-2H3. The van der Waals surface area contributed by atoms with Gasteiger partial charge in [-0.3, -0.25) is 0 Å². The van der Waals surface area contributed by atoms with Gasteiger partial charge in [-0.25, -0.2) is 9.59 Å². The van der Waals surface area contributed by atoms with Crippen molar-refractivity contribution in [3.8, 4) is 0 Å². The molecule has 1 rings (SSSR count). The average Bonchev–Trinajstić information content (AvgIpc) is 2.64. The van der Waals surface area contributed by atoms with Crippen molar-refractivity contribution in [1.29, 1.82) is 0 Å². The highest BCUT2D eigenvalue weighted by Crippen LogP contribution is 2.23. The van der Waals surface area contributed by atoms with Gasteiger partial charge in [-0.2, -0.15) is 0 Å². The zero-order chi connectivity index (χ0) is 20.7. The summed E-state index contributed by atoms with van der Waals surface area (Å²) in [5.41, 5.74) is 12.3. The Morgan fingerprint density at radius 1 is 0.778 bits per heavy atom. The summed E-state index contributed by atoms with van der Waals surface area (Å²) in [7, 11) is 0. The number of unbranched alkanes of at least 4 members (excludes halogenated alkanes) is 2. The molecule has 0 aliphatic heterocycles. The smallest absolute Gasteiger partial charge is 0.340 e. The fourth-order valence-corrected chi connectivity index (χ4v) is 1.96. The van der Waals surface area contributed by atoms with Crippen LogP contribution in [0.2, 0.25) is 0 Å². The number of anilines is 2. The van der Waals surface area contributed by atoms with Crippen LogP contribution in [0, 0.1) is 0 Å². The van der Waals surface area contributed by atoms with Crippen molar-refractivity contribution in [3.05, 3.63) is 23.3 Å².